The Morgan fingerprint density at radius 1 is 1.24 bits per heavy atom. The van der Waals surface area contributed by atoms with Crippen molar-refractivity contribution in [2.75, 3.05) is 18.0 Å². The number of piperidine rings is 1. The number of fused-ring (bicyclic) bond motifs is 1. The lowest BCUT2D eigenvalue weighted by molar-refractivity contribution is 0.487. The largest absolute Gasteiger partial charge is 0.342 e. The summed E-state index contributed by atoms with van der Waals surface area (Å²) < 4.78 is 16.3. The molecule has 3 heterocycles. The molecule has 0 unspecified atom stereocenters. The third kappa shape index (κ3) is 3.05. The quantitative estimate of drug-likeness (QED) is 0.782. The maximum atomic E-state index is 14.1. The highest BCUT2D eigenvalue weighted by Crippen LogP contribution is 2.23. The van der Waals surface area contributed by atoms with Crippen molar-refractivity contribution in [2.24, 2.45) is 5.73 Å². The monoisotopic (exact) mass is 358 g/mol. The average Bonchev–Trinajstić information content (AvgIpc) is 3.08. The molecule has 1 aliphatic heterocycles. The number of aromatic nitrogens is 2. The van der Waals surface area contributed by atoms with Crippen LogP contribution in [0.2, 0.25) is 0 Å². The van der Waals surface area contributed by atoms with E-state index in [0.29, 0.717) is 21.7 Å². The van der Waals surface area contributed by atoms with Crippen molar-refractivity contribution < 1.29 is 4.39 Å². The van der Waals surface area contributed by atoms with Crippen molar-refractivity contribution in [2.45, 2.75) is 25.4 Å². The minimum atomic E-state index is -0.313. The summed E-state index contributed by atoms with van der Waals surface area (Å²) in [5, 5.41) is 1.86. The summed E-state index contributed by atoms with van der Waals surface area (Å²) in [6, 6.07) is 8.59. The number of anilines is 1. The van der Waals surface area contributed by atoms with Gasteiger partial charge in [-0.2, -0.15) is 0 Å². The molecule has 0 amide bonds. The molecule has 1 saturated heterocycles. The van der Waals surface area contributed by atoms with E-state index in [2.05, 4.69) is 4.90 Å². The van der Waals surface area contributed by atoms with E-state index >= 15 is 0 Å². The summed E-state index contributed by atoms with van der Waals surface area (Å²) in [6.45, 7) is 1.67. The van der Waals surface area contributed by atoms with Crippen LogP contribution in [0.4, 0.5) is 10.3 Å². The first kappa shape index (κ1) is 16.2. The van der Waals surface area contributed by atoms with Crippen LogP contribution < -0.4 is 16.2 Å². The lowest BCUT2D eigenvalue weighted by atomic mass is 10.1. The molecule has 0 atom stereocenters. The van der Waals surface area contributed by atoms with Gasteiger partial charge in [0.1, 0.15) is 10.5 Å². The van der Waals surface area contributed by atoms with E-state index in [0.717, 1.165) is 25.9 Å². The van der Waals surface area contributed by atoms with Crippen molar-refractivity contribution >= 4 is 27.5 Å². The summed E-state index contributed by atoms with van der Waals surface area (Å²) >= 11 is 1.37. The number of halogens is 1. The predicted octanol–water partition coefficient (Wildman–Crippen LogP) is 2.57. The first-order valence-corrected chi connectivity index (χ1v) is 9.23. The summed E-state index contributed by atoms with van der Waals surface area (Å²) in [5.74, 6) is 0.290. The summed E-state index contributed by atoms with van der Waals surface area (Å²) in [5.41, 5.74) is 7.06. The first-order chi connectivity index (χ1) is 12.1. The average molecular weight is 358 g/mol. The van der Waals surface area contributed by atoms with Crippen LogP contribution in [0.1, 0.15) is 18.4 Å². The molecule has 4 rings (SSSR count). The number of thiophene rings is 1. The van der Waals surface area contributed by atoms with Crippen molar-refractivity contribution in [3.8, 4) is 0 Å². The molecule has 25 heavy (non-hydrogen) atoms. The van der Waals surface area contributed by atoms with Crippen molar-refractivity contribution in [1.29, 1.82) is 0 Å². The Balaban J connectivity index is 1.82. The molecule has 0 spiro atoms. The topological polar surface area (TPSA) is 64.2 Å². The Hall–Kier alpha value is -2.25. The molecule has 0 saturated carbocycles. The Morgan fingerprint density at radius 2 is 2.00 bits per heavy atom. The molecule has 0 aliphatic carbocycles. The Kier molecular flexibility index (Phi) is 4.27. The third-order valence-corrected chi connectivity index (χ3v) is 5.55. The summed E-state index contributed by atoms with van der Waals surface area (Å²) in [6.07, 6.45) is 1.72. The van der Waals surface area contributed by atoms with E-state index in [9.17, 15) is 9.18 Å². The van der Waals surface area contributed by atoms with Crippen LogP contribution in [0.3, 0.4) is 0 Å². The number of hydrogen-bond acceptors (Lipinski definition) is 5. The maximum absolute atomic E-state index is 14.1. The van der Waals surface area contributed by atoms with Crippen LogP contribution in [0, 0.1) is 5.82 Å². The lowest BCUT2D eigenvalue weighted by Gasteiger charge is -2.32. The van der Waals surface area contributed by atoms with E-state index in [1.807, 2.05) is 11.4 Å². The minimum absolute atomic E-state index is 0.117. The fourth-order valence-corrected chi connectivity index (χ4v) is 3.99. The second-order valence-electron chi connectivity index (χ2n) is 6.35. The van der Waals surface area contributed by atoms with Crippen molar-refractivity contribution in [1.82, 2.24) is 9.55 Å². The lowest BCUT2D eigenvalue weighted by Crippen LogP contribution is -2.42. The SMILES string of the molecule is NC1CCN(c2nc3ccsc3c(=O)n2Cc2ccccc2F)CC1. The van der Waals surface area contributed by atoms with Crippen LogP contribution in [0.25, 0.3) is 10.2 Å². The molecule has 1 fully saturated rings. The van der Waals surface area contributed by atoms with Crippen LogP contribution in [-0.2, 0) is 6.54 Å². The van der Waals surface area contributed by atoms with Gasteiger partial charge in [0.25, 0.3) is 5.56 Å². The molecule has 1 aromatic carbocycles. The van der Waals surface area contributed by atoms with Gasteiger partial charge in [-0.05, 0) is 30.4 Å². The maximum Gasteiger partial charge on any atom is 0.273 e. The van der Waals surface area contributed by atoms with Gasteiger partial charge in [0.2, 0.25) is 5.95 Å². The van der Waals surface area contributed by atoms with E-state index < -0.39 is 0 Å². The fraction of sp³-hybridized carbons (Fsp3) is 0.333. The van der Waals surface area contributed by atoms with Gasteiger partial charge >= 0.3 is 0 Å². The number of rotatable bonds is 3. The van der Waals surface area contributed by atoms with Gasteiger partial charge in [-0.15, -0.1) is 11.3 Å². The van der Waals surface area contributed by atoms with Crippen molar-refractivity contribution in [3.63, 3.8) is 0 Å². The van der Waals surface area contributed by atoms with Crippen LogP contribution in [-0.4, -0.2) is 28.7 Å². The minimum Gasteiger partial charge on any atom is -0.342 e. The van der Waals surface area contributed by atoms with Crippen molar-refractivity contribution in [3.05, 3.63) is 57.4 Å². The highest BCUT2D eigenvalue weighted by atomic mass is 32.1. The number of nitrogens with zero attached hydrogens (tertiary/aromatic N) is 3. The van der Waals surface area contributed by atoms with E-state index in [4.69, 9.17) is 10.7 Å². The van der Waals surface area contributed by atoms with Gasteiger partial charge < -0.3 is 10.6 Å². The van der Waals surface area contributed by atoms with Gasteiger partial charge in [-0.1, -0.05) is 18.2 Å². The number of benzene rings is 1. The van der Waals surface area contributed by atoms with Crippen LogP contribution >= 0.6 is 11.3 Å². The van der Waals surface area contributed by atoms with Gasteiger partial charge in [0, 0.05) is 24.7 Å². The molecule has 0 bridgehead atoms. The highest BCUT2D eigenvalue weighted by Gasteiger charge is 2.22. The summed E-state index contributed by atoms with van der Waals surface area (Å²) in [7, 11) is 0. The molecule has 5 nitrogen and oxygen atoms in total. The third-order valence-electron chi connectivity index (χ3n) is 4.65. The molecular formula is C18H19FN4OS. The Morgan fingerprint density at radius 3 is 2.76 bits per heavy atom. The molecule has 3 aromatic rings. The standard InChI is InChI=1S/C18H19FN4OS/c19-14-4-2-1-3-12(14)11-23-17(24)16-15(7-10-25-16)21-18(23)22-8-5-13(20)6-9-22/h1-4,7,10,13H,5-6,8-9,11,20H2. The predicted molar refractivity (Wildman–Crippen MR) is 98.8 cm³/mol. The zero-order valence-electron chi connectivity index (χ0n) is 13.7. The smallest absolute Gasteiger partial charge is 0.273 e. The Bertz CT molecular complexity index is 959. The van der Waals surface area contributed by atoms with E-state index in [1.165, 1.54) is 17.4 Å². The first-order valence-electron chi connectivity index (χ1n) is 8.35. The molecule has 2 N–H and O–H groups in total. The molecule has 0 radical (unpaired) electrons. The second kappa shape index (κ2) is 6.57. The van der Waals surface area contributed by atoms with Crippen LogP contribution in [0.5, 0.6) is 0 Å². The summed E-state index contributed by atoms with van der Waals surface area (Å²) in [4.78, 5) is 19.8. The van der Waals surface area contributed by atoms with Gasteiger partial charge in [0.15, 0.2) is 0 Å². The normalized spacial score (nSPS) is 15.8. The zero-order chi connectivity index (χ0) is 17.4. The van der Waals surface area contributed by atoms with Crippen LogP contribution in [0.15, 0.2) is 40.5 Å². The van der Waals surface area contributed by atoms with Gasteiger partial charge in [-0.3, -0.25) is 9.36 Å². The number of hydrogen-bond donors (Lipinski definition) is 1. The van der Waals surface area contributed by atoms with Gasteiger partial charge in [-0.25, -0.2) is 9.37 Å². The van der Waals surface area contributed by atoms with E-state index in [-0.39, 0.29) is 24.0 Å². The molecule has 7 heteroatoms. The zero-order valence-corrected chi connectivity index (χ0v) is 14.5. The Labute approximate surface area is 148 Å². The second-order valence-corrected chi connectivity index (χ2v) is 7.27. The highest BCUT2D eigenvalue weighted by molar-refractivity contribution is 7.17. The molecule has 130 valence electrons. The van der Waals surface area contributed by atoms with Gasteiger partial charge in [0.05, 0.1) is 12.1 Å². The molecular weight excluding hydrogens is 339 g/mol. The molecule has 1 aliphatic rings. The number of nitrogens with two attached hydrogens (primary N) is 1. The fourth-order valence-electron chi connectivity index (χ4n) is 3.21. The van der Waals surface area contributed by atoms with E-state index in [1.54, 1.807) is 22.8 Å². The molecule has 2 aromatic heterocycles.